The second kappa shape index (κ2) is 6.71. The first-order chi connectivity index (χ1) is 9.87. The molecule has 2 rings (SSSR count). The van der Waals surface area contributed by atoms with Crippen molar-refractivity contribution < 1.29 is 18.1 Å². The van der Waals surface area contributed by atoms with Crippen molar-refractivity contribution in [3.05, 3.63) is 27.1 Å². The molecule has 0 bridgehead atoms. The smallest absolute Gasteiger partial charge is 0.314 e. The maximum absolute atomic E-state index is 12.5. The Morgan fingerprint density at radius 3 is 2.57 bits per heavy atom. The van der Waals surface area contributed by atoms with Crippen LogP contribution in [0.15, 0.2) is 12.1 Å². The van der Waals surface area contributed by atoms with Gasteiger partial charge in [0.25, 0.3) is 0 Å². The van der Waals surface area contributed by atoms with Crippen LogP contribution in [0.5, 0.6) is 0 Å². The fourth-order valence-corrected chi connectivity index (χ4v) is 3.41. The van der Waals surface area contributed by atoms with E-state index in [1.165, 1.54) is 6.07 Å². The maximum atomic E-state index is 12.5. The van der Waals surface area contributed by atoms with Crippen LogP contribution >= 0.6 is 11.3 Å². The molecule has 2 heterocycles. The zero-order chi connectivity index (χ0) is 15.5. The number of nitro groups is 1. The summed E-state index contributed by atoms with van der Waals surface area (Å²) in [5, 5.41) is 13.9. The summed E-state index contributed by atoms with van der Waals surface area (Å²) in [5.41, 5.74) is 0. The average molecular weight is 323 g/mol. The largest absolute Gasteiger partial charge is 0.389 e. The summed E-state index contributed by atoms with van der Waals surface area (Å²) in [6.07, 6.45) is -5.16. The summed E-state index contributed by atoms with van der Waals surface area (Å²) in [6, 6.07) is 2.53. The maximum Gasteiger partial charge on any atom is 0.389 e. The van der Waals surface area contributed by atoms with Gasteiger partial charge in [0.2, 0.25) is 0 Å². The highest BCUT2D eigenvalue weighted by Gasteiger charge is 2.32. The molecule has 1 saturated heterocycles. The summed E-state index contributed by atoms with van der Waals surface area (Å²) in [7, 11) is 0. The van der Waals surface area contributed by atoms with Gasteiger partial charge in [-0.1, -0.05) is 11.3 Å². The Bertz CT molecular complexity index is 486. The lowest BCUT2D eigenvalue weighted by Crippen LogP contribution is -2.45. The van der Waals surface area contributed by atoms with Gasteiger partial charge in [-0.25, -0.2) is 0 Å². The molecule has 1 aromatic heterocycles. The van der Waals surface area contributed by atoms with Gasteiger partial charge in [-0.15, -0.1) is 0 Å². The monoisotopic (exact) mass is 323 g/mol. The molecule has 1 aliphatic rings. The molecule has 1 aliphatic heterocycles. The van der Waals surface area contributed by atoms with E-state index in [0.29, 0.717) is 18.0 Å². The van der Waals surface area contributed by atoms with Crippen molar-refractivity contribution in [1.29, 1.82) is 0 Å². The number of thiophene rings is 1. The lowest BCUT2D eigenvalue weighted by Gasteiger charge is -2.34. The van der Waals surface area contributed by atoms with Crippen molar-refractivity contribution in [2.45, 2.75) is 25.1 Å². The quantitative estimate of drug-likeness (QED) is 0.668. The highest BCUT2D eigenvalue weighted by atomic mass is 32.1. The number of nitrogens with zero attached hydrogens (tertiary/aromatic N) is 2. The third kappa shape index (κ3) is 4.65. The molecule has 21 heavy (non-hydrogen) atoms. The van der Waals surface area contributed by atoms with Gasteiger partial charge >= 0.3 is 11.2 Å². The van der Waals surface area contributed by atoms with Crippen LogP contribution in [0.2, 0.25) is 0 Å². The molecular weight excluding hydrogens is 307 g/mol. The van der Waals surface area contributed by atoms with E-state index in [1.54, 1.807) is 6.07 Å². The van der Waals surface area contributed by atoms with Gasteiger partial charge in [-0.05, 0) is 12.5 Å². The molecule has 0 saturated carbocycles. The number of hydrogen-bond donors (Lipinski definition) is 1. The topological polar surface area (TPSA) is 58.4 Å². The fourth-order valence-electron chi connectivity index (χ4n) is 2.42. The number of halogens is 3. The summed E-state index contributed by atoms with van der Waals surface area (Å²) >= 11 is 0.965. The van der Waals surface area contributed by atoms with Crippen molar-refractivity contribution in [3.8, 4) is 0 Å². The summed E-state index contributed by atoms with van der Waals surface area (Å²) in [5.74, 6) is 0. The minimum absolute atomic E-state index is 0.0304. The molecule has 0 amide bonds. The predicted octanol–water partition coefficient (Wildman–Crippen LogP) is 2.95. The zero-order valence-corrected chi connectivity index (χ0v) is 12.0. The summed E-state index contributed by atoms with van der Waals surface area (Å²) in [4.78, 5) is 12.8. The van der Waals surface area contributed by atoms with E-state index in [-0.39, 0.29) is 11.4 Å². The van der Waals surface area contributed by atoms with Crippen molar-refractivity contribution in [1.82, 2.24) is 10.2 Å². The second-order valence-electron chi connectivity index (χ2n) is 4.89. The first-order valence-electron chi connectivity index (χ1n) is 6.62. The van der Waals surface area contributed by atoms with Gasteiger partial charge in [0.05, 0.1) is 4.92 Å². The van der Waals surface area contributed by atoms with Gasteiger partial charge in [-0.3, -0.25) is 15.0 Å². The third-order valence-corrected chi connectivity index (χ3v) is 4.55. The van der Waals surface area contributed by atoms with Crippen LogP contribution in [0.3, 0.4) is 0 Å². The van der Waals surface area contributed by atoms with Crippen molar-refractivity contribution in [2.75, 3.05) is 26.2 Å². The van der Waals surface area contributed by atoms with E-state index in [0.717, 1.165) is 24.4 Å². The second-order valence-corrected chi connectivity index (χ2v) is 5.98. The molecule has 0 spiro atoms. The number of hydrogen-bond acceptors (Lipinski definition) is 5. The van der Waals surface area contributed by atoms with Crippen LogP contribution in [0.25, 0.3) is 0 Å². The van der Waals surface area contributed by atoms with Crippen LogP contribution in [0.1, 0.15) is 23.8 Å². The van der Waals surface area contributed by atoms with Crippen LogP contribution in [-0.2, 0) is 0 Å². The molecular formula is C12H16F3N3O2S. The van der Waals surface area contributed by atoms with Gasteiger partial charge in [0.1, 0.15) is 0 Å². The first kappa shape index (κ1) is 16.2. The van der Waals surface area contributed by atoms with Gasteiger partial charge in [0.15, 0.2) is 0 Å². The van der Waals surface area contributed by atoms with Crippen LogP contribution in [0.4, 0.5) is 18.2 Å². The van der Waals surface area contributed by atoms with E-state index in [2.05, 4.69) is 5.32 Å². The van der Waals surface area contributed by atoms with Crippen molar-refractivity contribution in [2.24, 2.45) is 0 Å². The van der Waals surface area contributed by atoms with Crippen molar-refractivity contribution >= 4 is 16.3 Å². The third-order valence-electron chi connectivity index (χ3n) is 3.41. The Labute approximate surface area is 123 Å². The Kier molecular flexibility index (Phi) is 5.17. The Hall–Kier alpha value is -1.19. The molecule has 0 radical (unpaired) electrons. The molecule has 0 unspecified atom stereocenters. The minimum atomic E-state index is -4.21. The van der Waals surface area contributed by atoms with Gasteiger partial charge < -0.3 is 5.32 Å². The standard InChI is InChI=1S/C12H16F3N3O2S/c13-12(14,15)4-3-9(17-7-5-16-6-8-17)10-1-2-11(21-10)18(19)20/h1-2,9,16H,3-8H2/t9-/m0/s1. The lowest BCUT2D eigenvalue weighted by molar-refractivity contribution is -0.380. The Balaban J connectivity index is 2.14. The van der Waals surface area contributed by atoms with E-state index < -0.39 is 23.6 Å². The van der Waals surface area contributed by atoms with Crippen LogP contribution in [-0.4, -0.2) is 42.2 Å². The van der Waals surface area contributed by atoms with E-state index in [9.17, 15) is 23.3 Å². The summed E-state index contributed by atoms with van der Waals surface area (Å²) < 4.78 is 37.5. The first-order valence-corrected chi connectivity index (χ1v) is 7.44. The van der Waals surface area contributed by atoms with E-state index in [1.807, 2.05) is 4.90 Å². The lowest BCUT2D eigenvalue weighted by atomic mass is 10.1. The Morgan fingerprint density at radius 2 is 2.05 bits per heavy atom. The number of nitrogens with one attached hydrogen (secondary N) is 1. The average Bonchev–Trinajstić information content (AvgIpc) is 2.89. The molecule has 0 aromatic carbocycles. The highest BCUT2D eigenvalue weighted by Crippen LogP contribution is 2.37. The number of rotatable bonds is 5. The predicted molar refractivity (Wildman–Crippen MR) is 73.4 cm³/mol. The van der Waals surface area contributed by atoms with Gasteiger partial charge in [-0.2, -0.15) is 13.2 Å². The van der Waals surface area contributed by atoms with Crippen LogP contribution < -0.4 is 5.32 Å². The fraction of sp³-hybridized carbons (Fsp3) is 0.667. The highest BCUT2D eigenvalue weighted by molar-refractivity contribution is 7.15. The Morgan fingerprint density at radius 1 is 1.38 bits per heavy atom. The number of alkyl halides is 3. The molecule has 118 valence electrons. The molecule has 9 heteroatoms. The zero-order valence-electron chi connectivity index (χ0n) is 11.2. The molecule has 1 atom stereocenters. The van der Waals surface area contributed by atoms with Gasteiger partial charge in [0, 0.05) is 49.6 Å². The molecule has 1 fully saturated rings. The van der Waals surface area contributed by atoms with E-state index >= 15 is 0 Å². The van der Waals surface area contributed by atoms with Crippen molar-refractivity contribution in [3.63, 3.8) is 0 Å². The summed E-state index contributed by atoms with van der Waals surface area (Å²) in [6.45, 7) is 2.73. The molecule has 5 nitrogen and oxygen atoms in total. The normalized spacial score (nSPS) is 18.6. The van der Waals surface area contributed by atoms with E-state index in [4.69, 9.17) is 0 Å². The molecule has 0 aliphatic carbocycles. The minimum Gasteiger partial charge on any atom is -0.314 e. The SMILES string of the molecule is O=[N+]([O-])c1ccc([C@H](CCC(F)(F)F)N2CCNCC2)s1. The number of piperazine rings is 1. The molecule has 1 aromatic rings. The van der Waals surface area contributed by atoms with Crippen LogP contribution in [0, 0.1) is 10.1 Å². The molecule has 1 N–H and O–H groups in total.